The molecule has 1 aliphatic heterocycles. The third-order valence-electron chi connectivity index (χ3n) is 2.66. The van der Waals surface area contributed by atoms with Gasteiger partial charge in [-0.15, -0.1) is 0 Å². The summed E-state index contributed by atoms with van der Waals surface area (Å²) < 4.78 is 13.2. The van der Waals surface area contributed by atoms with Crippen LogP contribution in [0.4, 0.5) is 4.39 Å². The van der Waals surface area contributed by atoms with Crippen LogP contribution in [0.1, 0.15) is 5.56 Å². The number of carboxylic acid groups (broad SMARTS) is 1. The van der Waals surface area contributed by atoms with Gasteiger partial charge in [-0.05, 0) is 6.07 Å². The maximum atomic E-state index is 13.2. The Morgan fingerprint density at radius 3 is 2.73 bits per heavy atom. The quantitative estimate of drug-likeness (QED) is 0.816. The van der Waals surface area contributed by atoms with Crippen LogP contribution in [0.5, 0.6) is 0 Å². The van der Waals surface area contributed by atoms with Crippen LogP contribution in [0, 0.1) is 11.7 Å². The minimum absolute atomic E-state index is 0.226. The predicted octanol–water partition coefficient (Wildman–Crippen LogP) is 1.34. The second-order valence-corrected chi connectivity index (χ2v) is 3.82. The first kappa shape index (κ1) is 10.1. The van der Waals surface area contributed by atoms with Gasteiger partial charge in [0.05, 0.1) is 5.92 Å². The molecule has 1 fully saturated rings. The van der Waals surface area contributed by atoms with Gasteiger partial charge in [-0.3, -0.25) is 9.69 Å². The molecule has 0 bridgehead atoms. The average molecular weight is 209 g/mol. The van der Waals surface area contributed by atoms with Crippen molar-refractivity contribution >= 4 is 5.97 Å². The van der Waals surface area contributed by atoms with Crippen LogP contribution >= 0.6 is 0 Å². The Bertz CT molecular complexity index is 375. The van der Waals surface area contributed by atoms with Gasteiger partial charge in [-0.25, -0.2) is 4.39 Å². The van der Waals surface area contributed by atoms with Gasteiger partial charge < -0.3 is 5.11 Å². The van der Waals surface area contributed by atoms with Crippen LogP contribution in [0.2, 0.25) is 0 Å². The summed E-state index contributed by atoms with van der Waals surface area (Å²) in [7, 11) is 0. The van der Waals surface area contributed by atoms with E-state index in [1.54, 1.807) is 18.2 Å². The summed E-state index contributed by atoms with van der Waals surface area (Å²) in [5, 5.41) is 8.67. The van der Waals surface area contributed by atoms with Crippen molar-refractivity contribution in [3.8, 4) is 0 Å². The molecule has 3 nitrogen and oxygen atoms in total. The van der Waals surface area contributed by atoms with Crippen LogP contribution in [0.3, 0.4) is 0 Å². The van der Waals surface area contributed by atoms with Crippen molar-refractivity contribution in [1.29, 1.82) is 0 Å². The van der Waals surface area contributed by atoms with Gasteiger partial charge in [0.15, 0.2) is 0 Å². The Labute approximate surface area is 87.1 Å². The third-order valence-corrected chi connectivity index (χ3v) is 2.66. The summed E-state index contributed by atoms with van der Waals surface area (Å²) in [5.74, 6) is -1.27. The van der Waals surface area contributed by atoms with Gasteiger partial charge in [0.25, 0.3) is 0 Å². The summed E-state index contributed by atoms with van der Waals surface area (Å²) in [5.41, 5.74) is 0.626. The predicted molar refractivity (Wildman–Crippen MR) is 52.8 cm³/mol. The minimum Gasteiger partial charge on any atom is -0.481 e. The number of hydrogen-bond donors (Lipinski definition) is 1. The molecule has 1 heterocycles. The van der Waals surface area contributed by atoms with E-state index >= 15 is 0 Å². The van der Waals surface area contributed by atoms with Gasteiger partial charge >= 0.3 is 5.97 Å². The van der Waals surface area contributed by atoms with E-state index in [0.29, 0.717) is 25.2 Å². The maximum Gasteiger partial charge on any atom is 0.309 e. The molecule has 1 saturated heterocycles. The highest BCUT2D eigenvalue weighted by Crippen LogP contribution is 2.19. The fourth-order valence-corrected chi connectivity index (χ4v) is 1.72. The fourth-order valence-electron chi connectivity index (χ4n) is 1.72. The molecule has 2 rings (SSSR count). The molecule has 0 aliphatic carbocycles. The van der Waals surface area contributed by atoms with E-state index in [0.717, 1.165) is 0 Å². The molecular weight excluding hydrogens is 197 g/mol. The number of rotatable bonds is 3. The standard InChI is InChI=1S/C11H12FNO2/c12-10-4-2-1-3-8(10)5-13-6-9(7-13)11(14)15/h1-4,9H,5-7H2,(H,14,15). The number of carboxylic acids is 1. The summed E-state index contributed by atoms with van der Waals surface area (Å²) in [4.78, 5) is 12.5. The lowest BCUT2D eigenvalue weighted by atomic mass is 9.99. The highest BCUT2D eigenvalue weighted by Gasteiger charge is 2.32. The zero-order valence-corrected chi connectivity index (χ0v) is 8.19. The Hall–Kier alpha value is -1.42. The number of likely N-dealkylation sites (tertiary alicyclic amines) is 1. The molecule has 1 aromatic carbocycles. The average Bonchev–Trinajstić information content (AvgIpc) is 2.12. The van der Waals surface area contributed by atoms with E-state index in [4.69, 9.17) is 5.11 Å². The molecule has 15 heavy (non-hydrogen) atoms. The van der Waals surface area contributed by atoms with Crippen LogP contribution in [0.15, 0.2) is 24.3 Å². The lowest BCUT2D eigenvalue weighted by Gasteiger charge is -2.36. The van der Waals surface area contributed by atoms with Crippen LogP contribution in [-0.2, 0) is 11.3 Å². The summed E-state index contributed by atoms with van der Waals surface area (Å²) in [6, 6.07) is 6.58. The van der Waals surface area contributed by atoms with Crippen molar-refractivity contribution in [2.75, 3.05) is 13.1 Å². The normalized spacial score (nSPS) is 17.4. The highest BCUT2D eigenvalue weighted by atomic mass is 19.1. The molecule has 0 radical (unpaired) electrons. The molecule has 1 N–H and O–H groups in total. The number of aliphatic carboxylic acids is 1. The molecule has 0 saturated carbocycles. The van der Waals surface area contributed by atoms with Gasteiger partial charge in [-0.2, -0.15) is 0 Å². The third kappa shape index (κ3) is 2.15. The summed E-state index contributed by atoms with van der Waals surface area (Å²) >= 11 is 0. The molecule has 4 heteroatoms. The minimum atomic E-state index is -0.764. The number of carbonyl (C=O) groups is 1. The van der Waals surface area contributed by atoms with Crippen LogP contribution in [0.25, 0.3) is 0 Å². The van der Waals surface area contributed by atoms with Crippen molar-refractivity contribution in [3.05, 3.63) is 35.6 Å². The number of halogens is 1. The summed E-state index contributed by atoms with van der Waals surface area (Å²) in [6.45, 7) is 1.53. The van der Waals surface area contributed by atoms with Crippen LogP contribution < -0.4 is 0 Å². The monoisotopic (exact) mass is 209 g/mol. The van der Waals surface area contributed by atoms with E-state index < -0.39 is 5.97 Å². The van der Waals surface area contributed by atoms with E-state index in [-0.39, 0.29) is 11.7 Å². The zero-order valence-electron chi connectivity index (χ0n) is 8.19. The summed E-state index contributed by atoms with van der Waals surface area (Å²) in [6.07, 6.45) is 0. The molecule has 0 atom stereocenters. The van der Waals surface area contributed by atoms with E-state index in [9.17, 15) is 9.18 Å². The Kier molecular flexibility index (Phi) is 2.68. The van der Waals surface area contributed by atoms with Crippen molar-refractivity contribution < 1.29 is 14.3 Å². The van der Waals surface area contributed by atoms with Crippen molar-refractivity contribution in [2.24, 2.45) is 5.92 Å². The molecule has 0 amide bonds. The lowest BCUT2D eigenvalue weighted by molar-refractivity contribution is -0.147. The maximum absolute atomic E-state index is 13.2. The Balaban J connectivity index is 1.90. The Morgan fingerprint density at radius 1 is 1.47 bits per heavy atom. The molecular formula is C11H12FNO2. The number of nitrogens with zero attached hydrogens (tertiary/aromatic N) is 1. The largest absolute Gasteiger partial charge is 0.481 e. The van der Waals surface area contributed by atoms with Crippen LogP contribution in [-0.4, -0.2) is 29.1 Å². The van der Waals surface area contributed by atoms with E-state index in [2.05, 4.69) is 0 Å². The van der Waals surface area contributed by atoms with Crippen molar-refractivity contribution in [2.45, 2.75) is 6.54 Å². The van der Waals surface area contributed by atoms with Gasteiger partial charge in [0.2, 0.25) is 0 Å². The first-order valence-corrected chi connectivity index (χ1v) is 4.85. The number of hydrogen-bond acceptors (Lipinski definition) is 2. The molecule has 0 unspecified atom stereocenters. The van der Waals surface area contributed by atoms with Gasteiger partial charge in [0, 0.05) is 25.2 Å². The molecule has 1 aromatic rings. The van der Waals surface area contributed by atoms with Crippen molar-refractivity contribution in [3.63, 3.8) is 0 Å². The number of benzene rings is 1. The second kappa shape index (κ2) is 3.98. The van der Waals surface area contributed by atoms with Gasteiger partial charge in [-0.1, -0.05) is 18.2 Å². The smallest absolute Gasteiger partial charge is 0.309 e. The molecule has 1 aliphatic rings. The van der Waals surface area contributed by atoms with E-state index in [1.807, 2.05) is 4.90 Å². The SMILES string of the molecule is O=C(O)C1CN(Cc2ccccc2F)C1. The zero-order chi connectivity index (χ0) is 10.8. The topological polar surface area (TPSA) is 40.5 Å². The first-order chi connectivity index (χ1) is 7.16. The highest BCUT2D eigenvalue weighted by molar-refractivity contribution is 5.71. The first-order valence-electron chi connectivity index (χ1n) is 4.85. The van der Waals surface area contributed by atoms with E-state index in [1.165, 1.54) is 6.07 Å². The lowest BCUT2D eigenvalue weighted by Crippen LogP contribution is -2.49. The fraction of sp³-hybridized carbons (Fsp3) is 0.364. The molecule has 80 valence electrons. The molecule has 0 aromatic heterocycles. The molecule has 0 spiro atoms. The van der Waals surface area contributed by atoms with Gasteiger partial charge in [0.1, 0.15) is 5.82 Å². The van der Waals surface area contributed by atoms with Crippen molar-refractivity contribution in [1.82, 2.24) is 4.90 Å². The second-order valence-electron chi connectivity index (χ2n) is 3.82. The Morgan fingerprint density at radius 2 is 2.13 bits per heavy atom.